The van der Waals surface area contributed by atoms with Gasteiger partial charge in [-0.05, 0) is 81.5 Å². The first-order valence-corrected chi connectivity index (χ1v) is 16.2. The highest BCUT2D eigenvalue weighted by Crippen LogP contribution is 2.66. The Morgan fingerprint density at radius 3 is 2.41 bits per heavy atom. The molecule has 0 aromatic heterocycles. The largest absolute Gasteiger partial charge is 0.508 e. The number of ether oxygens (including phenoxy) is 6. The third-order valence-electron chi connectivity index (χ3n) is 11.4. The number of carbonyl (C=O) groups is 2. The lowest BCUT2D eigenvalue weighted by Crippen LogP contribution is -2.54. The average molecular weight is 619 g/mol. The molecule has 0 radical (unpaired) electrons. The summed E-state index contributed by atoms with van der Waals surface area (Å²) >= 11 is 0. The van der Waals surface area contributed by atoms with E-state index in [9.17, 15) is 14.7 Å². The Morgan fingerprint density at radius 2 is 1.73 bits per heavy atom. The minimum absolute atomic E-state index is 0.138. The van der Waals surface area contributed by atoms with Crippen molar-refractivity contribution in [1.82, 2.24) is 0 Å². The summed E-state index contributed by atoms with van der Waals surface area (Å²) in [6.07, 6.45) is 12.4. The van der Waals surface area contributed by atoms with Crippen molar-refractivity contribution in [3.8, 4) is 0 Å². The lowest BCUT2D eigenvalue weighted by atomic mass is 9.49. The lowest BCUT2D eigenvalue weighted by Gasteiger charge is -2.57. The van der Waals surface area contributed by atoms with Gasteiger partial charge in [-0.3, -0.25) is 0 Å². The topological polar surface area (TPSA) is 110 Å². The van der Waals surface area contributed by atoms with Crippen LogP contribution in [0, 0.1) is 34.5 Å². The van der Waals surface area contributed by atoms with Crippen LogP contribution in [0.3, 0.4) is 0 Å². The van der Waals surface area contributed by atoms with Crippen molar-refractivity contribution >= 4 is 12.3 Å². The third kappa shape index (κ3) is 7.05. The molecule has 0 saturated heterocycles. The van der Waals surface area contributed by atoms with Gasteiger partial charge < -0.3 is 33.5 Å². The summed E-state index contributed by atoms with van der Waals surface area (Å²) in [6, 6.07) is 0. The molecule has 4 rings (SSSR count). The number of rotatable bonds is 11. The van der Waals surface area contributed by atoms with Crippen LogP contribution in [0.4, 0.5) is 9.59 Å². The van der Waals surface area contributed by atoms with E-state index in [0.29, 0.717) is 37.0 Å². The van der Waals surface area contributed by atoms with Gasteiger partial charge in [0.15, 0.2) is 0 Å². The van der Waals surface area contributed by atoms with Crippen LogP contribution >= 0.6 is 0 Å². The molecule has 0 aromatic carbocycles. The summed E-state index contributed by atoms with van der Waals surface area (Å²) in [5, 5.41) is 10.7. The first-order valence-electron chi connectivity index (χ1n) is 16.2. The molecule has 0 bridgehead atoms. The minimum atomic E-state index is -0.732. The first kappa shape index (κ1) is 34.5. The molecule has 4 aliphatic rings. The van der Waals surface area contributed by atoms with Crippen LogP contribution in [-0.2, 0) is 28.4 Å². The molecule has 3 fully saturated rings. The first-order chi connectivity index (χ1) is 20.8. The van der Waals surface area contributed by atoms with Crippen molar-refractivity contribution in [2.75, 3.05) is 28.1 Å². The molecular weight excluding hydrogens is 564 g/mol. The zero-order valence-electron chi connectivity index (χ0n) is 27.9. The van der Waals surface area contributed by atoms with E-state index >= 15 is 0 Å². The molecule has 0 unspecified atom stereocenters. The highest BCUT2D eigenvalue weighted by Gasteiger charge is 2.60. The number of fused-ring (bicyclic) bond motifs is 5. The van der Waals surface area contributed by atoms with Gasteiger partial charge in [-0.25, -0.2) is 9.59 Å². The van der Waals surface area contributed by atoms with Crippen LogP contribution in [0.1, 0.15) is 86.0 Å². The standard InChI is InChI=1S/C35H54O9/c1-22(9-11-24(36)15-17-33(2,3)42-21-39-6)27-13-14-28-26-12-10-23-19-25(43-31(37)40-7)20-30(44-32(38)41-8)35(23,5)29(26)16-18-34(27,28)4/h9-12,22,24-25,27-30,36H,13-21H2,1-8H3/b11-9+/t22-,24-,25+,27+,28-,29-,30-,34+,35-/m0/s1. The van der Waals surface area contributed by atoms with E-state index in [-0.39, 0.29) is 23.7 Å². The molecule has 3 saturated carbocycles. The van der Waals surface area contributed by atoms with Gasteiger partial charge in [-0.1, -0.05) is 56.2 Å². The number of hydrogen-bond acceptors (Lipinski definition) is 9. The van der Waals surface area contributed by atoms with E-state index in [0.717, 1.165) is 37.7 Å². The molecule has 9 nitrogen and oxygen atoms in total. The van der Waals surface area contributed by atoms with Crippen molar-refractivity contribution in [2.24, 2.45) is 34.5 Å². The highest BCUT2D eigenvalue weighted by molar-refractivity contribution is 5.61. The molecule has 9 atom stereocenters. The smallest absolute Gasteiger partial charge is 0.438 e. The number of carbonyl (C=O) groups excluding carboxylic acids is 2. The van der Waals surface area contributed by atoms with Crippen LogP contribution in [-0.4, -0.2) is 69.5 Å². The summed E-state index contributed by atoms with van der Waals surface area (Å²) in [4.78, 5) is 24.3. The lowest BCUT2D eigenvalue weighted by molar-refractivity contribution is -0.119. The second-order valence-corrected chi connectivity index (χ2v) is 14.3. The van der Waals surface area contributed by atoms with Gasteiger partial charge in [-0.2, -0.15) is 0 Å². The van der Waals surface area contributed by atoms with Crippen molar-refractivity contribution < 1.29 is 43.1 Å². The Kier molecular flexibility index (Phi) is 10.9. The molecule has 0 heterocycles. The normalized spacial score (nSPS) is 34.5. The van der Waals surface area contributed by atoms with Gasteiger partial charge >= 0.3 is 12.3 Å². The number of methoxy groups -OCH3 is 3. The van der Waals surface area contributed by atoms with Gasteiger partial charge in [0.05, 0.1) is 25.9 Å². The van der Waals surface area contributed by atoms with Crippen molar-refractivity contribution in [1.29, 1.82) is 0 Å². The van der Waals surface area contributed by atoms with Gasteiger partial charge in [0.2, 0.25) is 0 Å². The van der Waals surface area contributed by atoms with E-state index in [4.69, 9.17) is 28.4 Å². The third-order valence-corrected chi connectivity index (χ3v) is 11.4. The maximum atomic E-state index is 12.4. The van der Waals surface area contributed by atoms with Gasteiger partial charge in [0.25, 0.3) is 0 Å². The van der Waals surface area contributed by atoms with Gasteiger partial charge in [-0.15, -0.1) is 0 Å². The van der Waals surface area contributed by atoms with Crippen molar-refractivity contribution in [2.45, 2.75) is 110 Å². The SMILES string of the molecule is COCOC(C)(C)CC[C@@H](O)/C=C/[C@H](C)[C@H]1CC[C@H]2C3=CC=C4C[C@@H](OC(=O)OC)C[C@H](OC(=O)OC)[C@]4(C)[C@H]3CC[C@]12C. The number of hydrogen-bond donors (Lipinski definition) is 1. The van der Waals surface area contributed by atoms with Crippen LogP contribution in [0.15, 0.2) is 35.5 Å². The summed E-state index contributed by atoms with van der Waals surface area (Å²) in [7, 11) is 4.22. The highest BCUT2D eigenvalue weighted by atomic mass is 16.7. The molecule has 9 heteroatoms. The van der Waals surface area contributed by atoms with Gasteiger partial charge in [0, 0.05) is 25.4 Å². The summed E-state index contributed by atoms with van der Waals surface area (Å²) < 4.78 is 31.8. The fourth-order valence-corrected chi connectivity index (χ4v) is 8.84. The van der Waals surface area contributed by atoms with Crippen LogP contribution < -0.4 is 0 Å². The predicted octanol–water partition coefficient (Wildman–Crippen LogP) is 7.13. The maximum absolute atomic E-state index is 12.4. The second kappa shape index (κ2) is 14.0. The molecule has 1 N–H and O–H groups in total. The fourth-order valence-electron chi connectivity index (χ4n) is 8.84. The Bertz CT molecular complexity index is 1130. The summed E-state index contributed by atoms with van der Waals surface area (Å²) in [6.45, 7) is 11.2. The van der Waals surface area contributed by atoms with E-state index in [1.165, 1.54) is 19.8 Å². The Morgan fingerprint density at radius 1 is 1.02 bits per heavy atom. The Labute approximate surface area is 263 Å². The summed E-state index contributed by atoms with van der Waals surface area (Å²) in [5.41, 5.74) is 1.96. The zero-order chi connectivity index (χ0) is 32.3. The molecule has 248 valence electrons. The molecule has 0 aliphatic heterocycles. The van der Waals surface area contributed by atoms with Gasteiger partial charge in [0.1, 0.15) is 19.0 Å². The van der Waals surface area contributed by atoms with Crippen LogP contribution in [0.5, 0.6) is 0 Å². The monoisotopic (exact) mass is 618 g/mol. The Hall–Kier alpha value is -2.36. The second-order valence-electron chi connectivity index (χ2n) is 14.3. The number of aliphatic hydroxyl groups excluding tert-OH is 1. The number of allylic oxidation sites excluding steroid dienone is 4. The quantitative estimate of drug-likeness (QED) is 0.147. The predicted molar refractivity (Wildman–Crippen MR) is 166 cm³/mol. The zero-order valence-corrected chi connectivity index (χ0v) is 27.9. The van der Waals surface area contributed by atoms with E-state index in [1.54, 1.807) is 7.11 Å². The number of aliphatic hydroxyl groups is 1. The maximum Gasteiger partial charge on any atom is 0.508 e. The average Bonchev–Trinajstić information content (AvgIpc) is 3.35. The molecule has 0 aromatic rings. The van der Waals surface area contributed by atoms with E-state index in [1.807, 2.05) is 19.9 Å². The minimum Gasteiger partial charge on any atom is -0.438 e. The molecular formula is C35H54O9. The molecule has 4 aliphatic carbocycles. The molecule has 0 spiro atoms. The van der Waals surface area contributed by atoms with E-state index in [2.05, 4.69) is 39.0 Å². The summed E-state index contributed by atoms with van der Waals surface area (Å²) in [5.74, 6) is 1.50. The van der Waals surface area contributed by atoms with Crippen molar-refractivity contribution in [3.05, 3.63) is 35.5 Å². The Balaban J connectivity index is 1.50. The van der Waals surface area contributed by atoms with Crippen LogP contribution in [0.25, 0.3) is 0 Å². The van der Waals surface area contributed by atoms with Crippen molar-refractivity contribution in [3.63, 3.8) is 0 Å². The fraction of sp³-hybridized carbons (Fsp3) is 0.771. The van der Waals surface area contributed by atoms with Crippen LogP contribution in [0.2, 0.25) is 0 Å². The molecule has 0 amide bonds. The van der Waals surface area contributed by atoms with E-state index < -0.39 is 36.0 Å². The molecule has 44 heavy (non-hydrogen) atoms.